The zero-order chi connectivity index (χ0) is 13.9. The van der Waals surface area contributed by atoms with Gasteiger partial charge in [0.25, 0.3) is 0 Å². The van der Waals surface area contributed by atoms with Crippen molar-refractivity contribution in [2.75, 3.05) is 18.4 Å². The fourth-order valence-electron chi connectivity index (χ4n) is 2.70. The van der Waals surface area contributed by atoms with Gasteiger partial charge in [0.2, 0.25) is 5.91 Å². The summed E-state index contributed by atoms with van der Waals surface area (Å²) in [6.45, 7) is 5.51. The van der Waals surface area contributed by atoms with Crippen LogP contribution in [0, 0.1) is 18.2 Å². The molecule has 2 N–H and O–H groups in total. The number of carbonyl (C=O) groups is 1. The van der Waals surface area contributed by atoms with Gasteiger partial charge in [-0.2, -0.15) is 0 Å². The van der Waals surface area contributed by atoms with E-state index in [4.69, 9.17) is 0 Å². The zero-order valence-electron chi connectivity index (χ0n) is 11.6. The highest BCUT2D eigenvalue weighted by Crippen LogP contribution is 2.31. The SMILES string of the molecule is CCC1(C(=O)Nc2cc(C)cc(F)c2)CCCNC1. The Balaban J connectivity index is 2.14. The fourth-order valence-corrected chi connectivity index (χ4v) is 2.70. The molecule has 1 unspecified atom stereocenters. The molecule has 3 nitrogen and oxygen atoms in total. The van der Waals surface area contributed by atoms with Crippen LogP contribution in [-0.4, -0.2) is 19.0 Å². The molecule has 0 aliphatic carbocycles. The van der Waals surface area contributed by atoms with Crippen molar-refractivity contribution >= 4 is 11.6 Å². The average Bonchev–Trinajstić information content (AvgIpc) is 2.38. The first-order valence-electron chi connectivity index (χ1n) is 6.85. The van der Waals surface area contributed by atoms with E-state index in [1.165, 1.54) is 12.1 Å². The summed E-state index contributed by atoms with van der Waals surface area (Å²) in [6, 6.07) is 4.61. The van der Waals surface area contributed by atoms with E-state index in [1.807, 2.05) is 13.8 Å². The lowest BCUT2D eigenvalue weighted by atomic mass is 9.77. The lowest BCUT2D eigenvalue weighted by molar-refractivity contribution is -0.126. The largest absolute Gasteiger partial charge is 0.325 e. The molecule has 0 radical (unpaired) electrons. The summed E-state index contributed by atoms with van der Waals surface area (Å²) in [5.41, 5.74) is 0.988. The van der Waals surface area contributed by atoms with Gasteiger partial charge in [-0.15, -0.1) is 0 Å². The summed E-state index contributed by atoms with van der Waals surface area (Å²) < 4.78 is 13.3. The molecule has 1 saturated heterocycles. The van der Waals surface area contributed by atoms with Gasteiger partial charge in [0, 0.05) is 12.2 Å². The van der Waals surface area contributed by atoms with Crippen molar-refractivity contribution in [3.8, 4) is 0 Å². The number of aryl methyl sites for hydroxylation is 1. The predicted molar refractivity (Wildman–Crippen MR) is 74.6 cm³/mol. The Morgan fingerprint density at radius 2 is 2.26 bits per heavy atom. The molecule has 1 aromatic rings. The van der Waals surface area contributed by atoms with Crippen LogP contribution in [0.4, 0.5) is 10.1 Å². The van der Waals surface area contributed by atoms with Crippen LogP contribution >= 0.6 is 0 Å². The first-order chi connectivity index (χ1) is 9.05. The summed E-state index contributed by atoms with van der Waals surface area (Å²) in [6.07, 6.45) is 2.68. The number of nitrogens with one attached hydrogen (secondary N) is 2. The van der Waals surface area contributed by atoms with Crippen molar-refractivity contribution in [3.63, 3.8) is 0 Å². The summed E-state index contributed by atoms with van der Waals surface area (Å²) in [4.78, 5) is 12.5. The Kier molecular flexibility index (Phi) is 4.20. The zero-order valence-corrected chi connectivity index (χ0v) is 11.6. The van der Waals surface area contributed by atoms with Gasteiger partial charge in [-0.25, -0.2) is 4.39 Å². The van der Waals surface area contributed by atoms with Gasteiger partial charge in [-0.3, -0.25) is 4.79 Å². The highest BCUT2D eigenvalue weighted by molar-refractivity contribution is 5.95. The maximum absolute atomic E-state index is 13.3. The number of benzene rings is 1. The molecule has 4 heteroatoms. The monoisotopic (exact) mass is 264 g/mol. The van der Waals surface area contributed by atoms with Crippen molar-refractivity contribution in [2.45, 2.75) is 33.1 Å². The topological polar surface area (TPSA) is 41.1 Å². The van der Waals surface area contributed by atoms with E-state index in [9.17, 15) is 9.18 Å². The first kappa shape index (κ1) is 14.0. The summed E-state index contributed by atoms with van der Waals surface area (Å²) >= 11 is 0. The van der Waals surface area contributed by atoms with Crippen LogP contribution < -0.4 is 10.6 Å². The molecule has 1 aliphatic heterocycles. The summed E-state index contributed by atoms with van der Waals surface area (Å²) in [7, 11) is 0. The molecule has 0 saturated carbocycles. The van der Waals surface area contributed by atoms with E-state index >= 15 is 0 Å². The second kappa shape index (κ2) is 5.70. The molecule has 1 aliphatic rings. The van der Waals surface area contributed by atoms with E-state index < -0.39 is 0 Å². The van der Waals surface area contributed by atoms with Gasteiger partial charge in [0.1, 0.15) is 5.82 Å². The number of hydrogen-bond acceptors (Lipinski definition) is 2. The fraction of sp³-hybridized carbons (Fsp3) is 0.533. The van der Waals surface area contributed by atoms with Crippen molar-refractivity contribution in [2.24, 2.45) is 5.41 Å². The van der Waals surface area contributed by atoms with Crippen molar-refractivity contribution in [1.82, 2.24) is 5.32 Å². The third kappa shape index (κ3) is 3.13. The van der Waals surface area contributed by atoms with Crippen LogP contribution in [0.15, 0.2) is 18.2 Å². The Morgan fingerprint density at radius 1 is 1.47 bits per heavy atom. The smallest absolute Gasteiger partial charge is 0.231 e. The van der Waals surface area contributed by atoms with Crippen LogP contribution in [0.5, 0.6) is 0 Å². The number of halogens is 1. The van der Waals surface area contributed by atoms with Gasteiger partial charge in [-0.1, -0.05) is 6.92 Å². The highest BCUT2D eigenvalue weighted by atomic mass is 19.1. The van der Waals surface area contributed by atoms with Crippen LogP contribution in [0.1, 0.15) is 31.7 Å². The molecule has 2 rings (SSSR count). The van der Waals surface area contributed by atoms with E-state index in [0.717, 1.165) is 31.4 Å². The van der Waals surface area contributed by atoms with Gasteiger partial charge < -0.3 is 10.6 Å². The van der Waals surface area contributed by atoms with E-state index in [1.54, 1.807) is 6.07 Å². The Morgan fingerprint density at radius 3 is 2.84 bits per heavy atom. The third-order valence-electron chi connectivity index (χ3n) is 3.93. The summed E-state index contributed by atoms with van der Waals surface area (Å²) in [5.74, 6) is -0.324. The Bertz CT molecular complexity index is 447. The standard InChI is InChI=1S/C15H21FN2O/c1-3-15(5-4-6-17-10-15)14(19)18-13-8-11(2)7-12(16)9-13/h7-9,17H,3-6,10H2,1-2H3,(H,18,19). The summed E-state index contributed by atoms with van der Waals surface area (Å²) in [5, 5.41) is 6.15. The maximum Gasteiger partial charge on any atom is 0.231 e. The number of piperidine rings is 1. The molecule has 1 aromatic carbocycles. The molecule has 0 spiro atoms. The third-order valence-corrected chi connectivity index (χ3v) is 3.93. The second-order valence-electron chi connectivity index (χ2n) is 5.39. The second-order valence-corrected chi connectivity index (χ2v) is 5.39. The van der Waals surface area contributed by atoms with E-state index in [2.05, 4.69) is 10.6 Å². The van der Waals surface area contributed by atoms with E-state index in [-0.39, 0.29) is 17.1 Å². The maximum atomic E-state index is 13.3. The molecule has 1 fully saturated rings. The molecule has 1 atom stereocenters. The van der Waals surface area contributed by atoms with Gasteiger partial charge in [0.05, 0.1) is 5.41 Å². The van der Waals surface area contributed by atoms with Crippen molar-refractivity contribution in [3.05, 3.63) is 29.6 Å². The van der Waals surface area contributed by atoms with Crippen LogP contribution in [0.25, 0.3) is 0 Å². The quantitative estimate of drug-likeness (QED) is 0.881. The van der Waals surface area contributed by atoms with Crippen LogP contribution in [0.2, 0.25) is 0 Å². The number of hydrogen-bond donors (Lipinski definition) is 2. The van der Waals surface area contributed by atoms with Gasteiger partial charge in [-0.05, 0) is 56.5 Å². The Hall–Kier alpha value is -1.42. The molecule has 0 bridgehead atoms. The molecule has 1 amide bonds. The van der Waals surface area contributed by atoms with Crippen LogP contribution in [0.3, 0.4) is 0 Å². The molecule has 19 heavy (non-hydrogen) atoms. The van der Waals surface area contributed by atoms with E-state index in [0.29, 0.717) is 12.2 Å². The first-order valence-corrected chi connectivity index (χ1v) is 6.85. The lowest BCUT2D eigenvalue weighted by Gasteiger charge is -2.35. The molecule has 104 valence electrons. The van der Waals surface area contributed by atoms with Crippen molar-refractivity contribution < 1.29 is 9.18 Å². The lowest BCUT2D eigenvalue weighted by Crippen LogP contribution is -2.47. The number of carbonyl (C=O) groups excluding carboxylic acids is 1. The highest BCUT2D eigenvalue weighted by Gasteiger charge is 2.37. The number of rotatable bonds is 3. The molecular formula is C15H21FN2O. The minimum atomic E-state index is -0.363. The number of anilines is 1. The molecule has 0 aromatic heterocycles. The minimum Gasteiger partial charge on any atom is -0.325 e. The number of amides is 1. The average molecular weight is 264 g/mol. The Labute approximate surface area is 113 Å². The van der Waals surface area contributed by atoms with Crippen molar-refractivity contribution in [1.29, 1.82) is 0 Å². The molecular weight excluding hydrogens is 243 g/mol. The predicted octanol–water partition coefficient (Wildman–Crippen LogP) is 2.85. The minimum absolute atomic E-state index is 0.00722. The van der Waals surface area contributed by atoms with Crippen LogP contribution in [-0.2, 0) is 4.79 Å². The normalized spacial score (nSPS) is 23.1. The van der Waals surface area contributed by atoms with Gasteiger partial charge in [0.15, 0.2) is 0 Å². The molecule has 1 heterocycles. The van der Waals surface area contributed by atoms with Gasteiger partial charge >= 0.3 is 0 Å².